The molecule has 0 aliphatic carbocycles. The van der Waals surface area contributed by atoms with Crippen LogP contribution >= 0.6 is 22.9 Å². The molecule has 102 valence electrons. The van der Waals surface area contributed by atoms with E-state index in [4.69, 9.17) is 16.9 Å². The lowest BCUT2D eigenvalue weighted by molar-refractivity contribution is 0.102. The number of nitrogens with one attached hydrogen (secondary N) is 1. The number of hydrogen-bond donors (Lipinski definition) is 1. The zero-order valence-electron chi connectivity index (χ0n) is 10.6. The van der Waals surface area contributed by atoms with Gasteiger partial charge in [0.05, 0.1) is 16.6 Å². The molecule has 0 spiro atoms. The number of fused-ring (bicyclic) bond motifs is 1. The predicted molar refractivity (Wildman–Crippen MR) is 83.7 cm³/mol. The van der Waals surface area contributed by atoms with Gasteiger partial charge < -0.3 is 5.32 Å². The Morgan fingerprint density at radius 3 is 2.95 bits per heavy atom. The predicted octanol–water partition coefficient (Wildman–Crippen LogP) is 4.07. The molecule has 4 nitrogen and oxygen atoms in total. The average Bonchev–Trinajstić information content (AvgIpc) is 2.93. The maximum atomic E-state index is 12.4. The Kier molecular flexibility index (Phi) is 3.57. The fourth-order valence-corrected chi connectivity index (χ4v) is 2.93. The summed E-state index contributed by atoms with van der Waals surface area (Å²) in [5, 5.41) is 15.0. The van der Waals surface area contributed by atoms with Gasteiger partial charge in [0.25, 0.3) is 5.91 Å². The maximum absolute atomic E-state index is 12.4. The monoisotopic (exact) mass is 313 g/mol. The van der Waals surface area contributed by atoms with E-state index in [0.717, 1.165) is 5.39 Å². The Bertz CT molecular complexity index is 882. The Labute approximate surface area is 129 Å². The summed E-state index contributed by atoms with van der Waals surface area (Å²) in [4.78, 5) is 16.6. The summed E-state index contributed by atoms with van der Waals surface area (Å²) in [5.74, 6) is -0.311. The van der Waals surface area contributed by atoms with Gasteiger partial charge in [0.1, 0.15) is 16.2 Å². The summed E-state index contributed by atoms with van der Waals surface area (Å²) in [7, 11) is 0. The SMILES string of the molecule is N#Cc1ccsc1NC(=O)c1cc(Cl)nc2ccccc12. The van der Waals surface area contributed by atoms with E-state index in [1.807, 2.05) is 24.3 Å². The Morgan fingerprint density at radius 2 is 2.14 bits per heavy atom. The Morgan fingerprint density at radius 1 is 1.33 bits per heavy atom. The lowest BCUT2D eigenvalue weighted by atomic mass is 10.1. The van der Waals surface area contributed by atoms with Gasteiger partial charge in [-0.05, 0) is 23.6 Å². The first kappa shape index (κ1) is 13.6. The highest BCUT2D eigenvalue weighted by molar-refractivity contribution is 7.14. The molecule has 0 saturated carbocycles. The first-order valence-electron chi connectivity index (χ1n) is 6.03. The van der Waals surface area contributed by atoms with E-state index in [-0.39, 0.29) is 11.1 Å². The molecule has 1 aromatic carbocycles. The van der Waals surface area contributed by atoms with Crippen LogP contribution in [0.4, 0.5) is 5.00 Å². The Balaban J connectivity index is 2.04. The van der Waals surface area contributed by atoms with Gasteiger partial charge >= 0.3 is 0 Å². The quantitative estimate of drug-likeness (QED) is 0.725. The second-order valence-corrected chi connectivity index (χ2v) is 5.54. The van der Waals surface area contributed by atoms with Crippen molar-refractivity contribution in [2.75, 3.05) is 5.32 Å². The standard InChI is InChI=1S/C15H8ClN3OS/c16-13-7-11(10-3-1-2-4-12(10)18-13)14(20)19-15-9(8-17)5-6-21-15/h1-7H,(H,19,20). The summed E-state index contributed by atoms with van der Waals surface area (Å²) in [5.41, 5.74) is 1.53. The highest BCUT2D eigenvalue weighted by Gasteiger charge is 2.14. The lowest BCUT2D eigenvalue weighted by Crippen LogP contribution is -2.12. The molecule has 0 radical (unpaired) electrons. The third-order valence-electron chi connectivity index (χ3n) is 2.94. The first-order valence-corrected chi connectivity index (χ1v) is 7.29. The second kappa shape index (κ2) is 5.52. The number of thiophene rings is 1. The first-order chi connectivity index (χ1) is 10.2. The molecule has 2 heterocycles. The number of hydrogen-bond acceptors (Lipinski definition) is 4. The molecular formula is C15H8ClN3OS. The van der Waals surface area contributed by atoms with E-state index < -0.39 is 0 Å². The van der Waals surface area contributed by atoms with Crippen molar-refractivity contribution in [3.8, 4) is 6.07 Å². The van der Waals surface area contributed by atoms with Gasteiger partial charge in [0, 0.05) is 5.39 Å². The van der Waals surface area contributed by atoms with Crippen molar-refractivity contribution in [3.05, 3.63) is 58.1 Å². The zero-order valence-corrected chi connectivity index (χ0v) is 12.2. The summed E-state index contributed by atoms with van der Waals surface area (Å²) in [6, 6.07) is 12.5. The van der Waals surface area contributed by atoms with E-state index in [1.54, 1.807) is 17.5 Å². The number of benzene rings is 1. The van der Waals surface area contributed by atoms with Crippen LogP contribution in [0.25, 0.3) is 10.9 Å². The number of aromatic nitrogens is 1. The smallest absolute Gasteiger partial charge is 0.257 e. The zero-order chi connectivity index (χ0) is 14.8. The number of rotatable bonds is 2. The van der Waals surface area contributed by atoms with Crippen LogP contribution in [0.5, 0.6) is 0 Å². The highest BCUT2D eigenvalue weighted by atomic mass is 35.5. The van der Waals surface area contributed by atoms with Gasteiger partial charge in [0.2, 0.25) is 0 Å². The van der Waals surface area contributed by atoms with Crippen molar-refractivity contribution in [1.82, 2.24) is 4.98 Å². The molecule has 0 aliphatic rings. The third kappa shape index (κ3) is 2.59. The van der Waals surface area contributed by atoms with E-state index in [0.29, 0.717) is 21.6 Å². The molecule has 0 saturated heterocycles. The minimum Gasteiger partial charge on any atom is -0.312 e. The number of para-hydroxylation sites is 1. The minimum absolute atomic E-state index is 0.255. The summed E-state index contributed by atoms with van der Waals surface area (Å²) >= 11 is 7.27. The number of nitrogens with zero attached hydrogens (tertiary/aromatic N) is 2. The van der Waals surface area contributed by atoms with Crippen LogP contribution in [0.1, 0.15) is 15.9 Å². The Hall–Kier alpha value is -2.42. The molecule has 1 amide bonds. The molecule has 6 heteroatoms. The molecule has 2 aromatic heterocycles. The molecule has 1 N–H and O–H groups in total. The number of carbonyl (C=O) groups is 1. The second-order valence-electron chi connectivity index (χ2n) is 4.24. The lowest BCUT2D eigenvalue weighted by Gasteiger charge is -2.07. The van der Waals surface area contributed by atoms with E-state index >= 15 is 0 Å². The van der Waals surface area contributed by atoms with Crippen LogP contribution in [0.3, 0.4) is 0 Å². The van der Waals surface area contributed by atoms with Gasteiger partial charge in [-0.1, -0.05) is 29.8 Å². The number of nitriles is 1. The summed E-state index contributed by atoms with van der Waals surface area (Å²) in [6.07, 6.45) is 0. The van der Waals surface area contributed by atoms with Crippen LogP contribution in [0.15, 0.2) is 41.8 Å². The van der Waals surface area contributed by atoms with Crippen LogP contribution in [0.2, 0.25) is 5.15 Å². The van der Waals surface area contributed by atoms with Crippen LogP contribution in [0, 0.1) is 11.3 Å². The molecule has 0 fully saturated rings. The van der Waals surface area contributed by atoms with Gasteiger partial charge in [-0.25, -0.2) is 4.98 Å². The molecule has 3 aromatic rings. The molecule has 0 atom stereocenters. The van der Waals surface area contributed by atoms with Gasteiger partial charge in [0.15, 0.2) is 0 Å². The molecule has 3 rings (SSSR count). The van der Waals surface area contributed by atoms with Crippen molar-refractivity contribution < 1.29 is 4.79 Å². The summed E-state index contributed by atoms with van der Waals surface area (Å²) < 4.78 is 0. The van der Waals surface area contributed by atoms with Gasteiger partial charge in [-0.15, -0.1) is 11.3 Å². The summed E-state index contributed by atoms with van der Waals surface area (Å²) in [6.45, 7) is 0. The minimum atomic E-state index is -0.311. The van der Waals surface area contributed by atoms with Crippen molar-refractivity contribution in [3.63, 3.8) is 0 Å². The number of pyridine rings is 1. The van der Waals surface area contributed by atoms with Crippen molar-refractivity contribution >= 4 is 44.7 Å². The van der Waals surface area contributed by atoms with Crippen LogP contribution in [-0.2, 0) is 0 Å². The number of amides is 1. The highest BCUT2D eigenvalue weighted by Crippen LogP contribution is 2.25. The van der Waals surface area contributed by atoms with Gasteiger partial charge in [-0.2, -0.15) is 5.26 Å². The van der Waals surface area contributed by atoms with E-state index in [2.05, 4.69) is 10.3 Å². The van der Waals surface area contributed by atoms with Gasteiger partial charge in [-0.3, -0.25) is 4.79 Å². The topological polar surface area (TPSA) is 65.8 Å². The average molecular weight is 314 g/mol. The van der Waals surface area contributed by atoms with E-state index in [1.165, 1.54) is 17.4 Å². The fraction of sp³-hybridized carbons (Fsp3) is 0. The third-order valence-corrected chi connectivity index (χ3v) is 3.97. The van der Waals surface area contributed by atoms with Crippen LogP contribution < -0.4 is 5.32 Å². The van der Waals surface area contributed by atoms with E-state index in [9.17, 15) is 4.79 Å². The fourth-order valence-electron chi connectivity index (χ4n) is 2.00. The molecular weight excluding hydrogens is 306 g/mol. The number of carbonyl (C=O) groups excluding carboxylic acids is 1. The van der Waals surface area contributed by atoms with Crippen LogP contribution in [-0.4, -0.2) is 10.9 Å². The molecule has 0 bridgehead atoms. The van der Waals surface area contributed by atoms with Crippen molar-refractivity contribution in [1.29, 1.82) is 5.26 Å². The molecule has 21 heavy (non-hydrogen) atoms. The normalized spacial score (nSPS) is 10.3. The van der Waals surface area contributed by atoms with Crippen molar-refractivity contribution in [2.45, 2.75) is 0 Å². The maximum Gasteiger partial charge on any atom is 0.257 e. The molecule has 0 aliphatic heterocycles. The number of anilines is 1. The molecule has 0 unspecified atom stereocenters. The largest absolute Gasteiger partial charge is 0.312 e. The number of halogens is 1. The van der Waals surface area contributed by atoms with Crippen molar-refractivity contribution in [2.24, 2.45) is 0 Å².